The van der Waals surface area contributed by atoms with Crippen molar-refractivity contribution in [1.29, 1.82) is 0 Å². The Kier molecular flexibility index (Phi) is 4.48. The lowest BCUT2D eigenvalue weighted by Crippen LogP contribution is -2.24. The number of aromatic nitrogens is 2. The second-order valence-electron chi connectivity index (χ2n) is 6.64. The number of pyridine rings is 1. The molecule has 0 saturated heterocycles. The maximum atomic E-state index is 12.9. The Labute approximate surface area is 171 Å². The fourth-order valence-corrected chi connectivity index (χ4v) is 5.33. The van der Waals surface area contributed by atoms with E-state index in [9.17, 15) is 8.42 Å². The molecule has 2 aliphatic rings. The Bertz CT molecular complexity index is 1230. The molecule has 1 aliphatic heterocycles. The number of fused-ring (bicyclic) bond motifs is 2. The van der Waals surface area contributed by atoms with Crippen molar-refractivity contribution in [3.8, 4) is 11.5 Å². The molecule has 3 heterocycles. The van der Waals surface area contributed by atoms with E-state index in [-0.39, 0.29) is 4.90 Å². The summed E-state index contributed by atoms with van der Waals surface area (Å²) in [5.41, 5.74) is 2.44. The van der Waals surface area contributed by atoms with Crippen LogP contribution in [0.3, 0.4) is 0 Å². The fraction of sp³-hybridized carbons (Fsp3) is 0.200. The lowest BCUT2D eigenvalue weighted by molar-refractivity contribution is 0.171. The van der Waals surface area contributed by atoms with Gasteiger partial charge in [-0.3, -0.25) is 9.71 Å². The van der Waals surface area contributed by atoms with Crippen LogP contribution in [0.1, 0.15) is 17.8 Å². The standard InChI is InChI=1S/C20H17N3O4S2/c24-29(25,15-4-5-17-18(11-15)27-9-8-26-17)23-14-3-1-2-13(10-14)20-22-16-6-7-21-12-19(16)28-20/h2,4-7,10-12,23H,1,3,8-9H2. The molecule has 0 radical (unpaired) electrons. The van der Waals surface area contributed by atoms with Gasteiger partial charge in [0.25, 0.3) is 10.0 Å². The largest absolute Gasteiger partial charge is 0.486 e. The Morgan fingerprint density at radius 1 is 1.10 bits per heavy atom. The third-order valence-electron chi connectivity index (χ3n) is 4.64. The first-order valence-corrected chi connectivity index (χ1v) is 11.4. The molecular formula is C20H17N3O4S2. The highest BCUT2D eigenvalue weighted by atomic mass is 32.2. The van der Waals surface area contributed by atoms with Crippen molar-refractivity contribution in [3.63, 3.8) is 0 Å². The summed E-state index contributed by atoms with van der Waals surface area (Å²) in [4.78, 5) is 8.90. The maximum absolute atomic E-state index is 12.9. The quantitative estimate of drug-likeness (QED) is 0.685. The average Bonchev–Trinajstić information content (AvgIpc) is 3.18. The third kappa shape index (κ3) is 3.58. The number of hydrogen-bond acceptors (Lipinski definition) is 7. The minimum atomic E-state index is -3.73. The number of nitrogens with zero attached hydrogens (tertiary/aromatic N) is 2. The first-order chi connectivity index (χ1) is 14.1. The second kappa shape index (κ2) is 7.16. The summed E-state index contributed by atoms with van der Waals surface area (Å²) in [6, 6.07) is 6.51. The zero-order valence-electron chi connectivity index (χ0n) is 15.3. The molecule has 1 aliphatic carbocycles. The number of ether oxygens (including phenoxy) is 2. The van der Waals surface area contributed by atoms with E-state index < -0.39 is 10.0 Å². The Balaban J connectivity index is 1.41. The number of allylic oxidation sites excluding steroid dienone is 4. The van der Waals surface area contributed by atoms with E-state index in [1.807, 2.05) is 12.1 Å². The Hall–Kier alpha value is -2.91. The van der Waals surface area contributed by atoms with Gasteiger partial charge in [0, 0.05) is 29.7 Å². The van der Waals surface area contributed by atoms with Crippen LogP contribution in [-0.2, 0) is 10.0 Å². The van der Waals surface area contributed by atoms with Gasteiger partial charge in [0.2, 0.25) is 0 Å². The molecule has 7 nitrogen and oxygen atoms in total. The van der Waals surface area contributed by atoms with Crippen LogP contribution in [0.15, 0.2) is 59.4 Å². The molecule has 5 rings (SSSR count). The summed E-state index contributed by atoms with van der Waals surface area (Å²) in [6.45, 7) is 0.863. The van der Waals surface area contributed by atoms with Crippen molar-refractivity contribution < 1.29 is 17.9 Å². The first kappa shape index (κ1) is 18.1. The van der Waals surface area contributed by atoms with Gasteiger partial charge in [0.15, 0.2) is 11.5 Å². The van der Waals surface area contributed by atoms with Crippen molar-refractivity contribution in [3.05, 3.63) is 59.5 Å². The zero-order valence-corrected chi connectivity index (χ0v) is 16.9. The van der Waals surface area contributed by atoms with Crippen LogP contribution in [0.5, 0.6) is 11.5 Å². The van der Waals surface area contributed by atoms with Crippen LogP contribution in [0.4, 0.5) is 0 Å². The highest BCUT2D eigenvalue weighted by Crippen LogP contribution is 2.33. The number of benzene rings is 1. The highest BCUT2D eigenvalue weighted by Gasteiger charge is 2.21. The SMILES string of the molecule is O=S(=O)(NC1=CC(c2nc3ccncc3s2)=CCC1)c1ccc2c(c1)OCCO2. The van der Waals surface area contributed by atoms with Crippen LogP contribution in [0.25, 0.3) is 15.8 Å². The summed E-state index contributed by atoms with van der Waals surface area (Å²) >= 11 is 1.54. The van der Waals surface area contributed by atoms with Gasteiger partial charge in [-0.2, -0.15) is 0 Å². The molecule has 2 aromatic heterocycles. The number of sulfonamides is 1. The van der Waals surface area contributed by atoms with Crippen molar-refractivity contribution in [2.45, 2.75) is 17.7 Å². The lowest BCUT2D eigenvalue weighted by atomic mass is 10.1. The third-order valence-corrected chi connectivity index (χ3v) is 7.10. The Morgan fingerprint density at radius 3 is 2.83 bits per heavy atom. The minimum Gasteiger partial charge on any atom is -0.486 e. The first-order valence-electron chi connectivity index (χ1n) is 9.13. The second-order valence-corrected chi connectivity index (χ2v) is 9.35. The van der Waals surface area contributed by atoms with E-state index >= 15 is 0 Å². The normalized spacial score (nSPS) is 16.3. The minimum absolute atomic E-state index is 0.143. The summed E-state index contributed by atoms with van der Waals surface area (Å²) < 4.78 is 40.4. The van der Waals surface area contributed by atoms with E-state index in [0.29, 0.717) is 36.8 Å². The molecule has 0 atom stereocenters. The molecule has 3 aromatic rings. The molecule has 1 N–H and O–H groups in total. The van der Waals surface area contributed by atoms with Gasteiger partial charge in [0.05, 0.1) is 15.1 Å². The molecule has 0 fully saturated rings. The van der Waals surface area contributed by atoms with Crippen LogP contribution in [0, 0.1) is 0 Å². The maximum Gasteiger partial charge on any atom is 0.261 e. The zero-order chi connectivity index (χ0) is 19.8. The van der Waals surface area contributed by atoms with E-state index in [1.54, 1.807) is 29.8 Å². The van der Waals surface area contributed by atoms with Gasteiger partial charge < -0.3 is 9.47 Å². The summed E-state index contributed by atoms with van der Waals surface area (Å²) in [5, 5.41) is 0.851. The average molecular weight is 428 g/mol. The molecule has 0 saturated carbocycles. The van der Waals surface area contributed by atoms with Crippen LogP contribution in [0.2, 0.25) is 0 Å². The molecule has 0 bridgehead atoms. The van der Waals surface area contributed by atoms with E-state index in [1.165, 1.54) is 12.1 Å². The number of nitrogens with one attached hydrogen (secondary N) is 1. The van der Waals surface area contributed by atoms with Crippen LogP contribution < -0.4 is 14.2 Å². The smallest absolute Gasteiger partial charge is 0.261 e. The Morgan fingerprint density at radius 2 is 1.97 bits per heavy atom. The fourth-order valence-electron chi connectivity index (χ4n) is 3.26. The van der Waals surface area contributed by atoms with Crippen LogP contribution >= 0.6 is 11.3 Å². The van der Waals surface area contributed by atoms with Gasteiger partial charge in [-0.15, -0.1) is 11.3 Å². The molecular weight excluding hydrogens is 410 g/mol. The van der Waals surface area contributed by atoms with Crippen molar-refractivity contribution >= 4 is 37.1 Å². The molecule has 0 amide bonds. The molecule has 9 heteroatoms. The monoisotopic (exact) mass is 427 g/mol. The predicted molar refractivity (Wildman–Crippen MR) is 110 cm³/mol. The molecule has 0 unspecified atom stereocenters. The van der Waals surface area contributed by atoms with Gasteiger partial charge in [0.1, 0.15) is 18.2 Å². The topological polar surface area (TPSA) is 90.4 Å². The number of rotatable bonds is 4. The van der Waals surface area contributed by atoms with E-state index in [2.05, 4.69) is 20.8 Å². The summed E-state index contributed by atoms with van der Waals surface area (Å²) in [5.74, 6) is 1.00. The van der Waals surface area contributed by atoms with Crippen molar-refractivity contribution in [2.24, 2.45) is 0 Å². The predicted octanol–water partition coefficient (Wildman–Crippen LogP) is 3.50. The van der Waals surface area contributed by atoms with Crippen molar-refractivity contribution in [2.75, 3.05) is 13.2 Å². The number of hydrogen-bond donors (Lipinski definition) is 1. The van der Waals surface area contributed by atoms with Gasteiger partial charge in [-0.1, -0.05) is 6.08 Å². The lowest BCUT2D eigenvalue weighted by Gasteiger charge is -2.20. The van der Waals surface area contributed by atoms with Gasteiger partial charge >= 0.3 is 0 Å². The van der Waals surface area contributed by atoms with E-state index in [0.717, 1.165) is 27.2 Å². The summed E-state index contributed by atoms with van der Waals surface area (Å²) in [7, 11) is -3.73. The van der Waals surface area contributed by atoms with Crippen molar-refractivity contribution in [1.82, 2.24) is 14.7 Å². The molecule has 29 heavy (non-hydrogen) atoms. The molecule has 0 spiro atoms. The van der Waals surface area contributed by atoms with Gasteiger partial charge in [-0.25, -0.2) is 13.4 Å². The molecule has 148 valence electrons. The van der Waals surface area contributed by atoms with E-state index in [4.69, 9.17) is 9.47 Å². The van der Waals surface area contributed by atoms with Crippen LogP contribution in [-0.4, -0.2) is 31.6 Å². The number of thiazole rings is 1. The van der Waals surface area contributed by atoms with Gasteiger partial charge in [-0.05, 0) is 37.1 Å². The molecule has 1 aromatic carbocycles. The summed E-state index contributed by atoms with van der Waals surface area (Å²) in [6.07, 6.45) is 8.77. The highest BCUT2D eigenvalue weighted by molar-refractivity contribution is 7.89.